The number of nitrogens with one attached hydrogen (secondary N) is 2. The zero-order valence-electron chi connectivity index (χ0n) is 13.5. The number of fused-ring (bicyclic) bond motifs is 2. The number of benzene rings is 1. The molecule has 0 aliphatic heterocycles. The Balaban J connectivity index is 1.45. The molecule has 0 radical (unpaired) electrons. The van der Waals surface area contributed by atoms with Crippen LogP contribution in [0.3, 0.4) is 0 Å². The predicted octanol–water partition coefficient (Wildman–Crippen LogP) is 3.85. The van der Waals surface area contributed by atoms with E-state index in [-0.39, 0.29) is 11.9 Å². The summed E-state index contributed by atoms with van der Waals surface area (Å²) in [4.78, 5) is 3.20. The topological polar surface area (TPSA) is 45.1 Å². The van der Waals surface area contributed by atoms with Crippen molar-refractivity contribution in [2.75, 3.05) is 6.54 Å². The SMILES string of the molecule is CC(NCCc1c[nH]c2ccc(F)cc12)c1cnn2ccccc12. The molecule has 4 aromatic rings. The van der Waals surface area contributed by atoms with Crippen LogP contribution in [0.5, 0.6) is 0 Å². The van der Waals surface area contributed by atoms with Gasteiger partial charge in [0, 0.05) is 34.9 Å². The van der Waals surface area contributed by atoms with Gasteiger partial charge in [0.05, 0.1) is 11.7 Å². The van der Waals surface area contributed by atoms with E-state index in [1.54, 1.807) is 12.1 Å². The summed E-state index contributed by atoms with van der Waals surface area (Å²) in [7, 11) is 0. The van der Waals surface area contributed by atoms with Crippen LogP contribution in [0.15, 0.2) is 55.0 Å². The molecule has 0 aliphatic rings. The number of aromatic nitrogens is 3. The lowest BCUT2D eigenvalue weighted by Crippen LogP contribution is -2.21. The molecule has 0 spiro atoms. The monoisotopic (exact) mass is 322 g/mol. The number of H-pyrrole nitrogens is 1. The van der Waals surface area contributed by atoms with Crippen LogP contribution in [-0.2, 0) is 6.42 Å². The van der Waals surface area contributed by atoms with Crippen molar-refractivity contribution in [3.63, 3.8) is 0 Å². The molecule has 1 atom stereocenters. The predicted molar refractivity (Wildman–Crippen MR) is 93.6 cm³/mol. The minimum absolute atomic E-state index is 0.198. The molecule has 0 fully saturated rings. The van der Waals surface area contributed by atoms with Gasteiger partial charge in [-0.15, -0.1) is 0 Å². The van der Waals surface area contributed by atoms with E-state index in [0.717, 1.165) is 34.9 Å². The third kappa shape index (κ3) is 2.67. The van der Waals surface area contributed by atoms with E-state index < -0.39 is 0 Å². The van der Waals surface area contributed by atoms with Crippen LogP contribution in [0.1, 0.15) is 24.1 Å². The van der Waals surface area contributed by atoms with Crippen molar-refractivity contribution in [2.45, 2.75) is 19.4 Å². The molecule has 1 aromatic carbocycles. The van der Waals surface area contributed by atoms with Gasteiger partial charge in [0.1, 0.15) is 5.82 Å². The van der Waals surface area contributed by atoms with Gasteiger partial charge in [0.2, 0.25) is 0 Å². The van der Waals surface area contributed by atoms with E-state index >= 15 is 0 Å². The lowest BCUT2D eigenvalue weighted by Gasteiger charge is -2.12. The fraction of sp³-hybridized carbons (Fsp3) is 0.211. The smallest absolute Gasteiger partial charge is 0.123 e. The fourth-order valence-electron chi connectivity index (χ4n) is 3.18. The second kappa shape index (κ2) is 6.09. The third-order valence-electron chi connectivity index (χ3n) is 4.50. The van der Waals surface area contributed by atoms with Crippen molar-refractivity contribution in [1.29, 1.82) is 0 Å². The summed E-state index contributed by atoms with van der Waals surface area (Å²) >= 11 is 0. The van der Waals surface area contributed by atoms with E-state index in [1.807, 2.05) is 35.2 Å². The van der Waals surface area contributed by atoms with Gasteiger partial charge >= 0.3 is 0 Å². The average Bonchev–Trinajstić information content (AvgIpc) is 3.19. The molecule has 5 heteroatoms. The molecule has 3 aromatic heterocycles. The first-order valence-electron chi connectivity index (χ1n) is 8.13. The quantitative estimate of drug-likeness (QED) is 0.586. The largest absolute Gasteiger partial charge is 0.361 e. The minimum atomic E-state index is -0.198. The molecule has 24 heavy (non-hydrogen) atoms. The van der Waals surface area contributed by atoms with Crippen LogP contribution in [0, 0.1) is 5.82 Å². The Kier molecular flexibility index (Phi) is 3.78. The van der Waals surface area contributed by atoms with Gasteiger partial charge < -0.3 is 10.3 Å². The lowest BCUT2D eigenvalue weighted by molar-refractivity contribution is 0.580. The van der Waals surface area contributed by atoms with Crippen LogP contribution in [0.25, 0.3) is 16.4 Å². The summed E-state index contributed by atoms with van der Waals surface area (Å²) in [6.07, 6.45) is 6.67. The number of aromatic amines is 1. The van der Waals surface area contributed by atoms with Crippen LogP contribution in [-0.4, -0.2) is 21.1 Å². The summed E-state index contributed by atoms with van der Waals surface area (Å²) in [5, 5.41) is 8.87. The zero-order chi connectivity index (χ0) is 16.5. The maximum Gasteiger partial charge on any atom is 0.123 e. The van der Waals surface area contributed by atoms with Crippen LogP contribution >= 0.6 is 0 Å². The molecule has 4 rings (SSSR count). The summed E-state index contributed by atoms with van der Waals surface area (Å²) in [6.45, 7) is 2.95. The maximum atomic E-state index is 13.4. The number of halogens is 1. The molecule has 1 unspecified atom stereocenters. The van der Waals surface area contributed by atoms with E-state index in [1.165, 1.54) is 11.6 Å². The Morgan fingerprint density at radius 3 is 3.12 bits per heavy atom. The Morgan fingerprint density at radius 1 is 1.29 bits per heavy atom. The van der Waals surface area contributed by atoms with Crippen LogP contribution in [0.2, 0.25) is 0 Å². The lowest BCUT2D eigenvalue weighted by atomic mass is 10.1. The highest BCUT2D eigenvalue weighted by Gasteiger charge is 2.11. The Labute approximate surface area is 139 Å². The average molecular weight is 322 g/mol. The molecule has 0 amide bonds. The van der Waals surface area contributed by atoms with Gasteiger partial charge in [0.15, 0.2) is 0 Å². The molecule has 2 N–H and O–H groups in total. The summed E-state index contributed by atoms with van der Waals surface area (Å²) in [5.41, 5.74) is 4.40. The van der Waals surface area contributed by atoms with E-state index in [0.29, 0.717) is 0 Å². The molecule has 0 aliphatic carbocycles. The van der Waals surface area contributed by atoms with Gasteiger partial charge in [-0.1, -0.05) is 6.07 Å². The zero-order valence-corrected chi connectivity index (χ0v) is 13.5. The van der Waals surface area contributed by atoms with E-state index in [2.05, 4.69) is 28.4 Å². The molecule has 0 bridgehead atoms. The van der Waals surface area contributed by atoms with Crippen LogP contribution < -0.4 is 5.32 Å². The molecular formula is C19H19FN4. The normalized spacial score (nSPS) is 12.9. The molecule has 0 saturated heterocycles. The Morgan fingerprint density at radius 2 is 2.21 bits per heavy atom. The number of hydrogen-bond donors (Lipinski definition) is 2. The first-order valence-corrected chi connectivity index (χ1v) is 8.13. The Hall–Kier alpha value is -2.66. The number of hydrogen-bond acceptors (Lipinski definition) is 2. The van der Waals surface area contributed by atoms with Crippen molar-refractivity contribution in [1.82, 2.24) is 19.9 Å². The van der Waals surface area contributed by atoms with Crippen molar-refractivity contribution >= 4 is 16.4 Å². The highest BCUT2D eigenvalue weighted by atomic mass is 19.1. The Bertz CT molecular complexity index is 985. The van der Waals surface area contributed by atoms with Gasteiger partial charge in [-0.2, -0.15) is 5.10 Å². The number of nitrogens with zero attached hydrogens (tertiary/aromatic N) is 2. The van der Waals surface area contributed by atoms with Crippen molar-refractivity contribution in [3.05, 3.63) is 71.9 Å². The highest BCUT2D eigenvalue weighted by Crippen LogP contribution is 2.21. The minimum Gasteiger partial charge on any atom is -0.361 e. The summed E-state index contributed by atoms with van der Waals surface area (Å²) in [5.74, 6) is -0.198. The van der Waals surface area contributed by atoms with Crippen molar-refractivity contribution in [3.8, 4) is 0 Å². The van der Waals surface area contributed by atoms with E-state index in [4.69, 9.17) is 0 Å². The maximum absolute atomic E-state index is 13.4. The second-order valence-electron chi connectivity index (χ2n) is 6.06. The summed E-state index contributed by atoms with van der Waals surface area (Å²) < 4.78 is 15.3. The van der Waals surface area contributed by atoms with Crippen molar-refractivity contribution in [2.24, 2.45) is 0 Å². The van der Waals surface area contributed by atoms with E-state index in [9.17, 15) is 4.39 Å². The third-order valence-corrected chi connectivity index (χ3v) is 4.50. The first kappa shape index (κ1) is 14.9. The molecule has 122 valence electrons. The standard InChI is InChI=1S/C19H19FN4/c1-13(17-12-23-24-9-3-2-4-19(17)24)21-8-7-14-11-22-18-6-5-15(20)10-16(14)18/h2-6,9-13,21-22H,7-8H2,1H3. The highest BCUT2D eigenvalue weighted by molar-refractivity contribution is 5.83. The molecule has 0 saturated carbocycles. The first-order chi connectivity index (χ1) is 11.7. The molecular weight excluding hydrogens is 303 g/mol. The summed E-state index contributed by atoms with van der Waals surface area (Å²) in [6, 6.07) is 11.1. The van der Waals surface area contributed by atoms with Crippen LogP contribution in [0.4, 0.5) is 4.39 Å². The molecule has 3 heterocycles. The van der Waals surface area contributed by atoms with Gasteiger partial charge in [-0.05, 0) is 55.8 Å². The molecule has 4 nitrogen and oxygen atoms in total. The van der Waals surface area contributed by atoms with Gasteiger partial charge in [0.25, 0.3) is 0 Å². The fourth-order valence-corrected chi connectivity index (χ4v) is 3.18. The van der Waals surface area contributed by atoms with Gasteiger partial charge in [-0.25, -0.2) is 8.91 Å². The number of pyridine rings is 1. The second-order valence-corrected chi connectivity index (χ2v) is 6.06. The van der Waals surface area contributed by atoms with Gasteiger partial charge in [-0.3, -0.25) is 0 Å². The van der Waals surface area contributed by atoms with Crippen molar-refractivity contribution < 1.29 is 4.39 Å². The number of rotatable bonds is 5.